The van der Waals surface area contributed by atoms with E-state index in [0.717, 1.165) is 19.6 Å². The van der Waals surface area contributed by atoms with Crippen LogP contribution in [0.3, 0.4) is 0 Å². The second kappa shape index (κ2) is 5.68. The number of nitrogens with zero attached hydrogens (tertiary/aromatic N) is 2. The van der Waals surface area contributed by atoms with E-state index in [4.69, 9.17) is 4.98 Å². The maximum atomic E-state index is 4.78. The summed E-state index contributed by atoms with van der Waals surface area (Å²) in [7, 11) is 2.23. The lowest BCUT2D eigenvalue weighted by Crippen LogP contribution is -2.40. The molecule has 102 valence electrons. The van der Waals surface area contributed by atoms with Crippen molar-refractivity contribution < 1.29 is 0 Å². The van der Waals surface area contributed by atoms with Crippen LogP contribution in [0.5, 0.6) is 0 Å². The molecule has 1 saturated heterocycles. The van der Waals surface area contributed by atoms with Crippen LogP contribution >= 0.6 is 11.3 Å². The van der Waals surface area contributed by atoms with E-state index in [-0.39, 0.29) is 5.41 Å². The molecule has 0 unspecified atom stereocenters. The van der Waals surface area contributed by atoms with Crippen molar-refractivity contribution in [1.82, 2.24) is 15.2 Å². The fourth-order valence-corrected chi connectivity index (χ4v) is 3.25. The first-order valence-corrected chi connectivity index (χ1v) is 7.70. The molecule has 0 aromatic carbocycles. The van der Waals surface area contributed by atoms with Crippen molar-refractivity contribution in [3.05, 3.63) is 16.1 Å². The summed E-state index contributed by atoms with van der Waals surface area (Å²) in [6.45, 7) is 9.97. The van der Waals surface area contributed by atoms with Gasteiger partial charge in [-0.05, 0) is 33.0 Å². The number of piperidine rings is 1. The van der Waals surface area contributed by atoms with Gasteiger partial charge in [-0.3, -0.25) is 4.90 Å². The van der Waals surface area contributed by atoms with Gasteiger partial charge in [0.2, 0.25) is 0 Å². The molecule has 0 spiro atoms. The summed E-state index contributed by atoms with van der Waals surface area (Å²) >= 11 is 1.80. The topological polar surface area (TPSA) is 28.2 Å². The molecule has 3 nitrogen and oxygen atoms in total. The average molecular weight is 267 g/mol. The van der Waals surface area contributed by atoms with Gasteiger partial charge >= 0.3 is 0 Å². The molecule has 1 N–H and O–H groups in total. The number of aromatic nitrogens is 1. The molecular weight excluding hydrogens is 242 g/mol. The smallest absolute Gasteiger partial charge is 0.0982 e. The van der Waals surface area contributed by atoms with Crippen LogP contribution in [0.1, 0.15) is 44.3 Å². The van der Waals surface area contributed by atoms with Crippen molar-refractivity contribution in [2.75, 3.05) is 20.1 Å². The zero-order valence-electron chi connectivity index (χ0n) is 12.0. The highest BCUT2D eigenvalue weighted by Gasteiger charge is 2.21. The van der Waals surface area contributed by atoms with Gasteiger partial charge in [0, 0.05) is 23.4 Å². The summed E-state index contributed by atoms with van der Waals surface area (Å²) in [5, 5.41) is 6.88. The molecule has 1 aliphatic heterocycles. The molecule has 2 heterocycles. The highest BCUT2D eigenvalue weighted by molar-refractivity contribution is 7.09. The fraction of sp³-hybridized carbons (Fsp3) is 0.786. The second-order valence-electron chi connectivity index (χ2n) is 6.29. The molecule has 0 radical (unpaired) electrons. The van der Waals surface area contributed by atoms with E-state index in [1.54, 1.807) is 11.3 Å². The second-order valence-corrected chi connectivity index (χ2v) is 7.15. The molecule has 18 heavy (non-hydrogen) atoms. The summed E-state index contributed by atoms with van der Waals surface area (Å²) < 4.78 is 0. The van der Waals surface area contributed by atoms with Crippen LogP contribution in [0, 0.1) is 0 Å². The van der Waals surface area contributed by atoms with Gasteiger partial charge < -0.3 is 5.32 Å². The first-order chi connectivity index (χ1) is 8.47. The quantitative estimate of drug-likeness (QED) is 0.912. The number of rotatable bonds is 3. The summed E-state index contributed by atoms with van der Waals surface area (Å²) in [6, 6.07) is 0.714. The minimum Gasteiger partial charge on any atom is -0.317 e. The summed E-state index contributed by atoms with van der Waals surface area (Å²) in [6.07, 6.45) is 2.51. The minimum absolute atomic E-state index is 0.177. The Hall–Kier alpha value is -0.450. The first-order valence-electron chi connectivity index (χ1n) is 6.82. The fourth-order valence-electron chi connectivity index (χ4n) is 2.36. The van der Waals surface area contributed by atoms with Gasteiger partial charge in [0.25, 0.3) is 0 Å². The van der Waals surface area contributed by atoms with E-state index in [9.17, 15) is 0 Å². The largest absolute Gasteiger partial charge is 0.317 e. The van der Waals surface area contributed by atoms with Crippen LogP contribution in [-0.2, 0) is 12.0 Å². The Bertz CT molecular complexity index is 375. The Morgan fingerprint density at radius 3 is 2.61 bits per heavy atom. The molecule has 1 aromatic heterocycles. The van der Waals surface area contributed by atoms with Crippen LogP contribution in [-0.4, -0.2) is 36.1 Å². The van der Waals surface area contributed by atoms with E-state index in [0.29, 0.717) is 6.04 Å². The molecule has 0 aliphatic carbocycles. The number of thiazole rings is 1. The van der Waals surface area contributed by atoms with Crippen molar-refractivity contribution in [3.8, 4) is 0 Å². The van der Waals surface area contributed by atoms with E-state index < -0.39 is 0 Å². The maximum Gasteiger partial charge on any atom is 0.0982 e. The zero-order valence-corrected chi connectivity index (χ0v) is 12.8. The highest BCUT2D eigenvalue weighted by Crippen LogP contribution is 2.26. The Labute approximate surface area is 115 Å². The minimum atomic E-state index is 0.177. The SMILES string of the molecule is CN(Cc1csc(C(C)(C)C)n1)C1CCNCC1. The molecule has 1 fully saturated rings. The van der Waals surface area contributed by atoms with Crippen molar-refractivity contribution in [2.24, 2.45) is 0 Å². The van der Waals surface area contributed by atoms with Crippen LogP contribution < -0.4 is 5.32 Å². The zero-order chi connectivity index (χ0) is 13.2. The number of hydrogen-bond acceptors (Lipinski definition) is 4. The van der Waals surface area contributed by atoms with E-state index in [1.165, 1.54) is 23.5 Å². The molecule has 1 aliphatic rings. The predicted octanol–water partition coefficient (Wildman–Crippen LogP) is 2.62. The average Bonchev–Trinajstić information content (AvgIpc) is 2.78. The normalized spacial score (nSPS) is 18.5. The molecule has 0 saturated carbocycles. The third kappa shape index (κ3) is 3.53. The van der Waals surface area contributed by atoms with Gasteiger partial charge in [-0.15, -0.1) is 11.3 Å². The lowest BCUT2D eigenvalue weighted by atomic mass is 9.98. The summed E-state index contributed by atoms with van der Waals surface area (Å²) in [5.41, 5.74) is 1.40. The van der Waals surface area contributed by atoms with E-state index in [2.05, 4.69) is 43.4 Å². The molecule has 2 rings (SSSR count). The Kier molecular flexibility index (Phi) is 4.41. The van der Waals surface area contributed by atoms with Crippen LogP contribution in [0.4, 0.5) is 0 Å². The maximum absolute atomic E-state index is 4.78. The highest BCUT2D eigenvalue weighted by atomic mass is 32.1. The van der Waals surface area contributed by atoms with Gasteiger partial charge in [-0.1, -0.05) is 20.8 Å². The van der Waals surface area contributed by atoms with E-state index >= 15 is 0 Å². The standard InChI is InChI=1S/C14H25N3S/c1-14(2,3)13-16-11(10-18-13)9-17(4)12-5-7-15-8-6-12/h10,12,15H,5-9H2,1-4H3. The van der Waals surface area contributed by atoms with E-state index in [1.807, 2.05) is 0 Å². The van der Waals surface area contributed by atoms with Crippen molar-refractivity contribution in [2.45, 2.75) is 51.6 Å². The molecule has 0 atom stereocenters. The van der Waals surface area contributed by atoms with Crippen LogP contribution in [0.2, 0.25) is 0 Å². The molecular formula is C14H25N3S. The van der Waals surface area contributed by atoms with Gasteiger partial charge in [0.1, 0.15) is 0 Å². The molecule has 1 aromatic rings. The Morgan fingerprint density at radius 2 is 2.06 bits per heavy atom. The monoisotopic (exact) mass is 267 g/mol. The van der Waals surface area contributed by atoms with Crippen LogP contribution in [0.25, 0.3) is 0 Å². The lowest BCUT2D eigenvalue weighted by Gasteiger charge is -2.31. The first kappa shape index (κ1) is 14.0. The number of hydrogen-bond donors (Lipinski definition) is 1. The molecule has 0 amide bonds. The summed E-state index contributed by atoms with van der Waals surface area (Å²) in [4.78, 5) is 7.24. The predicted molar refractivity (Wildman–Crippen MR) is 78.2 cm³/mol. The molecule has 0 bridgehead atoms. The number of nitrogens with one attached hydrogen (secondary N) is 1. The molecule has 4 heteroatoms. The van der Waals surface area contributed by atoms with Crippen LogP contribution in [0.15, 0.2) is 5.38 Å². The van der Waals surface area contributed by atoms with Gasteiger partial charge in [0.05, 0.1) is 10.7 Å². The lowest BCUT2D eigenvalue weighted by molar-refractivity contribution is 0.190. The Morgan fingerprint density at radius 1 is 1.39 bits per heavy atom. The van der Waals surface area contributed by atoms with Crippen molar-refractivity contribution in [1.29, 1.82) is 0 Å². The van der Waals surface area contributed by atoms with Gasteiger partial charge in [-0.25, -0.2) is 4.98 Å². The third-order valence-corrected chi connectivity index (χ3v) is 4.85. The van der Waals surface area contributed by atoms with Crippen molar-refractivity contribution >= 4 is 11.3 Å². The van der Waals surface area contributed by atoms with Gasteiger partial charge in [-0.2, -0.15) is 0 Å². The summed E-state index contributed by atoms with van der Waals surface area (Å²) in [5.74, 6) is 0. The Balaban J connectivity index is 1.94. The van der Waals surface area contributed by atoms with Crippen molar-refractivity contribution in [3.63, 3.8) is 0 Å². The van der Waals surface area contributed by atoms with Gasteiger partial charge in [0.15, 0.2) is 0 Å². The third-order valence-electron chi connectivity index (χ3n) is 3.54.